The minimum Gasteiger partial charge on any atom is -0.350 e. The van der Waals surface area contributed by atoms with Gasteiger partial charge in [0.2, 0.25) is 11.9 Å². The highest BCUT2D eigenvalue weighted by molar-refractivity contribution is 6.03. The van der Waals surface area contributed by atoms with E-state index in [0.29, 0.717) is 47.7 Å². The van der Waals surface area contributed by atoms with Crippen molar-refractivity contribution in [2.24, 2.45) is 5.92 Å². The third kappa shape index (κ3) is 4.39. The van der Waals surface area contributed by atoms with Crippen LogP contribution in [0, 0.1) is 12.8 Å². The molecule has 1 atom stereocenters. The van der Waals surface area contributed by atoms with Crippen molar-refractivity contribution < 1.29 is 18.0 Å². The van der Waals surface area contributed by atoms with Gasteiger partial charge >= 0.3 is 6.18 Å². The molecule has 34 heavy (non-hydrogen) atoms. The van der Waals surface area contributed by atoms with Gasteiger partial charge in [-0.1, -0.05) is 6.07 Å². The van der Waals surface area contributed by atoms with Gasteiger partial charge in [-0.2, -0.15) is 23.3 Å². The second-order valence-corrected chi connectivity index (χ2v) is 8.66. The first-order chi connectivity index (χ1) is 16.2. The standard InChI is InChI=1S/C22H23F3N8O/c1-12-17-19(32(2)18(15-4-5-15)20(34)30-17)31-21(29-12)27-8-14-9-28-33(11-14)10-13-3-6-16(26-7-13)22(23,24)25/h3,6-7,9,11,15,18H,4-5,8,10H2,1-2H3,(H,30,34)(H,27,29,31)/t18-/m1/s1. The maximum absolute atomic E-state index is 12.7. The van der Waals surface area contributed by atoms with E-state index in [4.69, 9.17) is 0 Å². The zero-order valence-electron chi connectivity index (χ0n) is 18.6. The third-order valence-corrected chi connectivity index (χ3v) is 6.00. The molecular weight excluding hydrogens is 449 g/mol. The molecule has 0 spiro atoms. The second-order valence-electron chi connectivity index (χ2n) is 8.66. The Hall–Kier alpha value is -3.70. The van der Waals surface area contributed by atoms with Crippen LogP contribution in [0.5, 0.6) is 0 Å². The Kier molecular flexibility index (Phi) is 5.37. The van der Waals surface area contributed by atoms with Crippen LogP contribution in [0.2, 0.25) is 0 Å². The summed E-state index contributed by atoms with van der Waals surface area (Å²) >= 11 is 0. The van der Waals surface area contributed by atoms with Crippen LogP contribution in [-0.4, -0.2) is 43.7 Å². The summed E-state index contributed by atoms with van der Waals surface area (Å²) in [4.78, 5) is 27.0. The number of aryl methyl sites for hydroxylation is 1. The van der Waals surface area contributed by atoms with Crippen molar-refractivity contribution in [3.8, 4) is 0 Å². The summed E-state index contributed by atoms with van der Waals surface area (Å²) in [6, 6.07) is 2.14. The predicted octanol–water partition coefficient (Wildman–Crippen LogP) is 3.22. The number of anilines is 3. The first-order valence-corrected chi connectivity index (χ1v) is 10.9. The molecule has 1 aliphatic carbocycles. The molecule has 9 nitrogen and oxygen atoms in total. The predicted molar refractivity (Wildman–Crippen MR) is 118 cm³/mol. The van der Waals surface area contributed by atoms with Crippen molar-refractivity contribution in [1.82, 2.24) is 24.7 Å². The van der Waals surface area contributed by atoms with E-state index in [1.807, 2.05) is 18.9 Å². The maximum atomic E-state index is 12.7. The zero-order valence-corrected chi connectivity index (χ0v) is 18.6. The molecule has 1 aliphatic heterocycles. The molecule has 0 unspecified atom stereocenters. The number of alkyl halides is 3. The zero-order chi connectivity index (χ0) is 24.0. The van der Waals surface area contributed by atoms with Gasteiger partial charge in [-0.3, -0.25) is 14.5 Å². The van der Waals surface area contributed by atoms with Crippen LogP contribution in [-0.2, 0) is 24.1 Å². The van der Waals surface area contributed by atoms with E-state index in [-0.39, 0.29) is 11.9 Å². The summed E-state index contributed by atoms with van der Waals surface area (Å²) in [7, 11) is 1.89. The number of aromatic nitrogens is 5. The van der Waals surface area contributed by atoms with E-state index < -0.39 is 11.9 Å². The van der Waals surface area contributed by atoms with Crippen LogP contribution < -0.4 is 15.5 Å². The van der Waals surface area contributed by atoms with Crippen molar-refractivity contribution in [1.29, 1.82) is 0 Å². The lowest BCUT2D eigenvalue weighted by molar-refractivity contribution is -0.141. The van der Waals surface area contributed by atoms with Crippen LogP contribution in [0.25, 0.3) is 0 Å². The second kappa shape index (κ2) is 8.26. The largest absolute Gasteiger partial charge is 0.433 e. The van der Waals surface area contributed by atoms with Crippen molar-refractivity contribution in [3.05, 3.63) is 53.2 Å². The Morgan fingerprint density at radius 3 is 2.65 bits per heavy atom. The van der Waals surface area contributed by atoms with Crippen molar-refractivity contribution in [3.63, 3.8) is 0 Å². The fraction of sp³-hybridized carbons (Fsp3) is 0.409. The van der Waals surface area contributed by atoms with Gasteiger partial charge in [0.1, 0.15) is 17.4 Å². The van der Waals surface area contributed by atoms with E-state index in [9.17, 15) is 18.0 Å². The fourth-order valence-electron chi connectivity index (χ4n) is 4.12. The lowest BCUT2D eigenvalue weighted by Gasteiger charge is -2.35. The number of carbonyl (C=O) groups is 1. The summed E-state index contributed by atoms with van der Waals surface area (Å²) in [5.41, 5.74) is 1.85. The Morgan fingerprint density at radius 1 is 1.18 bits per heavy atom. The normalized spacial score (nSPS) is 18.0. The summed E-state index contributed by atoms with van der Waals surface area (Å²) in [6.45, 7) is 2.53. The minimum atomic E-state index is -4.46. The monoisotopic (exact) mass is 472 g/mol. The number of likely N-dealkylation sites (N-methyl/N-ethyl adjacent to an activating group) is 1. The number of nitrogens with one attached hydrogen (secondary N) is 2. The molecule has 1 amide bonds. The topological polar surface area (TPSA) is 101 Å². The van der Waals surface area contributed by atoms with Gasteiger partial charge in [-0.15, -0.1) is 0 Å². The first-order valence-electron chi connectivity index (χ1n) is 10.9. The fourth-order valence-corrected chi connectivity index (χ4v) is 4.12. The average Bonchev–Trinajstić information content (AvgIpc) is 3.51. The molecule has 0 saturated heterocycles. The van der Waals surface area contributed by atoms with Crippen LogP contribution in [0.15, 0.2) is 30.7 Å². The number of carbonyl (C=O) groups excluding carboxylic acids is 1. The molecule has 4 heterocycles. The summed E-state index contributed by atoms with van der Waals surface area (Å²) in [5, 5.41) is 10.4. The van der Waals surface area contributed by atoms with Crippen LogP contribution >= 0.6 is 0 Å². The molecule has 1 saturated carbocycles. The van der Waals surface area contributed by atoms with E-state index in [1.54, 1.807) is 17.1 Å². The van der Waals surface area contributed by atoms with E-state index in [2.05, 4.69) is 30.7 Å². The van der Waals surface area contributed by atoms with Gasteiger partial charge in [0.05, 0.1) is 18.4 Å². The van der Waals surface area contributed by atoms with Crippen LogP contribution in [0.4, 0.5) is 30.6 Å². The SMILES string of the molecule is Cc1nc(NCc2cnn(Cc3ccc(C(F)(F)F)nc3)c2)nc2c1NC(=O)[C@@H](C1CC1)N2C. The molecule has 1 fully saturated rings. The molecule has 3 aromatic heterocycles. The maximum Gasteiger partial charge on any atom is 0.433 e. The number of hydrogen-bond donors (Lipinski definition) is 2. The van der Waals surface area contributed by atoms with Gasteiger partial charge in [-0.25, -0.2) is 4.98 Å². The van der Waals surface area contributed by atoms with Crippen LogP contribution in [0.1, 0.15) is 35.4 Å². The van der Waals surface area contributed by atoms with Gasteiger partial charge < -0.3 is 15.5 Å². The Labute approximate surface area is 193 Å². The average molecular weight is 472 g/mol. The molecule has 0 radical (unpaired) electrons. The molecule has 2 aliphatic rings. The molecule has 12 heteroatoms. The minimum absolute atomic E-state index is 0.0134. The molecule has 0 bridgehead atoms. The van der Waals surface area contributed by atoms with Crippen molar-refractivity contribution in [2.75, 3.05) is 22.6 Å². The number of hydrogen-bond acceptors (Lipinski definition) is 7. The smallest absolute Gasteiger partial charge is 0.350 e. The van der Waals surface area contributed by atoms with Crippen molar-refractivity contribution in [2.45, 2.75) is 45.1 Å². The number of nitrogens with zero attached hydrogens (tertiary/aromatic N) is 6. The Bertz CT molecular complexity index is 1220. The number of pyridine rings is 1. The van der Waals surface area contributed by atoms with E-state index >= 15 is 0 Å². The highest BCUT2D eigenvalue weighted by atomic mass is 19.4. The van der Waals surface area contributed by atoms with Gasteiger partial charge in [0.15, 0.2) is 5.82 Å². The molecular formula is C22H23F3N8O. The lowest BCUT2D eigenvalue weighted by Crippen LogP contribution is -2.48. The Morgan fingerprint density at radius 2 is 1.97 bits per heavy atom. The molecule has 2 N–H and O–H groups in total. The molecule has 3 aromatic rings. The van der Waals surface area contributed by atoms with Gasteiger partial charge in [0, 0.05) is 31.5 Å². The molecule has 178 valence electrons. The summed E-state index contributed by atoms with van der Waals surface area (Å²) < 4.78 is 39.6. The number of fused-ring (bicyclic) bond motifs is 1. The highest BCUT2D eigenvalue weighted by Gasteiger charge is 2.43. The van der Waals surface area contributed by atoms with E-state index in [1.165, 1.54) is 12.3 Å². The highest BCUT2D eigenvalue weighted by Crippen LogP contribution is 2.41. The molecule has 0 aromatic carbocycles. The van der Waals surface area contributed by atoms with Gasteiger partial charge in [-0.05, 0) is 37.3 Å². The molecule has 5 rings (SSSR count). The Balaban J connectivity index is 1.25. The summed E-state index contributed by atoms with van der Waals surface area (Å²) in [6.07, 6.45) is 2.30. The first kappa shape index (κ1) is 22.1. The van der Waals surface area contributed by atoms with Crippen molar-refractivity contribution >= 4 is 23.4 Å². The number of amides is 1. The summed E-state index contributed by atoms with van der Waals surface area (Å²) in [5.74, 6) is 1.47. The number of halogens is 3. The lowest BCUT2D eigenvalue weighted by atomic mass is 10.1. The van der Waals surface area contributed by atoms with E-state index in [0.717, 1.165) is 24.5 Å². The number of rotatable bonds is 6. The van der Waals surface area contributed by atoms with Crippen LogP contribution in [0.3, 0.4) is 0 Å². The quantitative estimate of drug-likeness (QED) is 0.568. The van der Waals surface area contributed by atoms with Gasteiger partial charge in [0.25, 0.3) is 0 Å². The third-order valence-electron chi connectivity index (χ3n) is 6.00.